The van der Waals surface area contributed by atoms with Crippen molar-refractivity contribution >= 4 is 0 Å². The highest BCUT2D eigenvalue weighted by Crippen LogP contribution is 2.14. The highest BCUT2D eigenvalue weighted by Gasteiger charge is 2.20. The van der Waals surface area contributed by atoms with E-state index in [0.717, 1.165) is 12.0 Å². The third kappa shape index (κ3) is 2.46. The van der Waals surface area contributed by atoms with Crippen molar-refractivity contribution in [2.75, 3.05) is 26.2 Å². The summed E-state index contributed by atoms with van der Waals surface area (Å²) in [6.45, 7) is 11.8. The van der Waals surface area contributed by atoms with E-state index in [1.54, 1.807) is 0 Å². The Labute approximate surface area is 76.3 Å². The van der Waals surface area contributed by atoms with Gasteiger partial charge in [0.15, 0.2) is 0 Å². The SMILES string of the molecule is CCC(C(C)C)N1CCNCC1. The zero-order valence-electron chi connectivity index (χ0n) is 8.64. The molecule has 0 aromatic rings. The number of hydrogen-bond acceptors (Lipinski definition) is 2. The molecule has 72 valence electrons. The Morgan fingerprint density at radius 2 is 1.83 bits per heavy atom. The Balaban J connectivity index is 2.40. The van der Waals surface area contributed by atoms with Crippen LogP contribution in [0.2, 0.25) is 0 Å². The van der Waals surface area contributed by atoms with Crippen LogP contribution in [0.4, 0.5) is 0 Å². The van der Waals surface area contributed by atoms with E-state index in [1.807, 2.05) is 0 Å². The van der Waals surface area contributed by atoms with E-state index in [1.165, 1.54) is 32.6 Å². The Hall–Kier alpha value is -0.0800. The van der Waals surface area contributed by atoms with Gasteiger partial charge in [0, 0.05) is 32.2 Å². The molecule has 1 atom stereocenters. The number of rotatable bonds is 3. The fraction of sp³-hybridized carbons (Fsp3) is 1.00. The van der Waals surface area contributed by atoms with Gasteiger partial charge in [-0.25, -0.2) is 0 Å². The largest absolute Gasteiger partial charge is 0.314 e. The molecule has 1 aliphatic heterocycles. The molecular formula is C10H22N2. The predicted octanol–water partition coefficient (Wildman–Crippen LogP) is 1.33. The van der Waals surface area contributed by atoms with Gasteiger partial charge in [-0.1, -0.05) is 20.8 Å². The van der Waals surface area contributed by atoms with Crippen molar-refractivity contribution in [3.8, 4) is 0 Å². The Bertz CT molecular complexity index is 117. The van der Waals surface area contributed by atoms with Crippen molar-refractivity contribution < 1.29 is 0 Å². The van der Waals surface area contributed by atoms with Crippen molar-refractivity contribution in [2.24, 2.45) is 5.92 Å². The first-order valence-electron chi connectivity index (χ1n) is 5.20. The van der Waals surface area contributed by atoms with E-state index in [-0.39, 0.29) is 0 Å². The molecule has 1 saturated heterocycles. The molecule has 0 radical (unpaired) electrons. The summed E-state index contributed by atoms with van der Waals surface area (Å²) in [5.74, 6) is 0.799. The van der Waals surface area contributed by atoms with Gasteiger partial charge in [-0.05, 0) is 12.3 Å². The van der Waals surface area contributed by atoms with Gasteiger partial charge in [-0.3, -0.25) is 4.90 Å². The molecule has 0 bridgehead atoms. The Kier molecular flexibility index (Phi) is 4.02. The van der Waals surface area contributed by atoms with Gasteiger partial charge in [0.05, 0.1) is 0 Å². The van der Waals surface area contributed by atoms with Gasteiger partial charge in [-0.2, -0.15) is 0 Å². The van der Waals surface area contributed by atoms with Crippen LogP contribution in [0.3, 0.4) is 0 Å². The van der Waals surface area contributed by atoms with Gasteiger partial charge in [-0.15, -0.1) is 0 Å². The Morgan fingerprint density at radius 3 is 2.25 bits per heavy atom. The first kappa shape index (κ1) is 10.0. The molecule has 1 aliphatic rings. The molecule has 2 nitrogen and oxygen atoms in total. The summed E-state index contributed by atoms with van der Waals surface area (Å²) in [4.78, 5) is 2.63. The van der Waals surface area contributed by atoms with E-state index in [0.29, 0.717) is 0 Å². The lowest BCUT2D eigenvalue weighted by Gasteiger charge is -2.36. The molecule has 2 heteroatoms. The quantitative estimate of drug-likeness (QED) is 0.687. The van der Waals surface area contributed by atoms with Crippen LogP contribution in [-0.2, 0) is 0 Å². The van der Waals surface area contributed by atoms with E-state index in [2.05, 4.69) is 31.0 Å². The van der Waals surface area contributed by atoms with Crippen LogP contribution >= 0.6 is 0 Å². The summed E-state index contributed by atoms with van der Waals surface area (Å²) in [6.07, 6.45) is 1.29. The maximum absolute atomic E-state index is 3.39. The maximum Gasteiger partial charge on any atom is 0.0117 e. The van der Waals surface area contributed by atoms with Crippen molar-refractivity contribution in [2.45, 2.75) is 33.2 Å². The molecule has 0 aromatic heterocycles. The third-order valence-electron chi connectivity index (χ3n) is 2.81. The number of nitrogens with zero attached hydrogens (tertiary/aromatic N) is 1. The summed E-state index contributed by atoms with van der Waals surface area (Å²) in [5.41, 5.74) is 0. The molecule has 0 amide bonds. The molecule has 1 N–H and O–H groups in total. The highest BCUT2D eigenvalue weighted by atomic mass is 15.2. The summed E-state index contributed by atoms with van der Waals surface area (Å²) in [7, 11) is 0. The molecule has 1 unspecified atom stereocenters. The van der Waals surface area contributed by atoms with E-state index in [9.17, 15) is 0 Å². The second-order valence-corrected chi connectivity index (χ2v) is 4.01. The fourth-order valence-corrected chi connectivity index (χ4v) is 2.17. The molecule has 0 spiro atoms. The molecule has 1 heterocycles. The second kappa shape index (κ2) is 4.83. The maximum atomic E-state index is 3.39. The summed E-state index contributed by atoms with van der Waals surface area (Å²) >= 11 is 0. The summed E-state index contributed by atoms with van der Waals surface area (Å²) < 4.78 is 0. The topological polar surface area (TPSA) is 15.3 Å². The molecular weight excluding hydrogens is 148 g/mol. The van der Waals surface area contributed by atoms with Crippen LogP contribution in [0, 0.1) is 5.92 Å². The predicted molar refractivity (Wildman–Crippen MR) is 53.4 cm³/mol. The first-order valence-corrected chi connectivity index (χ1v) is 5.20. The molecule has 0 aromatic carbocycles. The zero-order chi connectivity index (χ0) is 8.97. The van der Waals surface area contributed by atoms with Gasteiger partial charge >= 0.3 is 0 Å². The standard InChI is InChI=1S/C10H22N2/c1-4-10(9(2)3)12-7-5-11-6-8-12/h9-11H,4-8H2,1-3H3. The average molecular weight is 170 g/mol. The third-order valence-corrected chi connectivity index (χ3v) is 2.81. The van der Waals surface area contributed by atoms with Crippen LogP contribution in [0.5, 0.6) is 0 Å². The number of hydrogen-bond donors (Lipinski definition) is 1. The van der Waals surface area contributed by atoms with Gasteiger partial charge in [0.2, 0.25) is 0 Å². The van der Waals surface area contributed by atoms with Gasteiger partial charge < -0.3 is 5.32 Å². The molecule has 1 fully saturated rings. The lowest BCUT2D eigenvalue weighted by Crippen LogP contribution is -2.49. The van der Waals surface area contributed by atoms with Gasteiger partial charge in [0.25, 0.3) is 0 Å². The zero-order valence-corrected chi connectivity index (χ0v) is 8.64. The second-order valence-electron chi connectivity index (χ2n) is 4.01. The van der Waals surface area contributed by atoms with Crippen LogP contribution < -0.4 is 5.32 Å². The average Bonchev–Trinajstić information content (AvgIpc) is 2.07. The van der Waals surface area contributed by atoms with E-state index < -0.39 is 0 Å². The molecule has 0 saturated carbocycles. The summed E-state index contributed by atoms with van der Waals surface area (Å²) in [6, 6.07) is 0.798. The van der Waals surface area contributed by atoms with Crippen molar-refractivity contribution in [3.63, 3.8) is 0 Å². The molecule has 12 heavy (non-hydrogen) atoms. The minimum Gasteiger partial charge on any atom is -0.314 e. The Morgan fingerprint density at radius 1 is 1.25 bits per heavy atom. The van der Waals surface area contributed by atoms with Crippen molar-refractivity contribution in [3.05, 3.63) is 0 Å². The number of nitrogens with one attached hydrogen (secondary N) is 1. The minimum atomic E-state index is 0.798. The summed E-state index contributed by atoms with van der Waals surface area (Å²) in [5, 5.41) is 3.39. The monoisotopic (exact) mass is 170 g/mol. The molecule has 1 rings (SSSR count). The number of piperazine rings is 1. The van der Waals surface area contributed by atoms with Crippen LogP contribution in [-0.4, -0.2) is 37.1 Å². The van der Waals surface area contributed by atoms with Crippen LogP contribution in [0.1, 0.15) is 27.2 Å². The fourth-order valence-electron chi connectivity index (χ4n) is 2.17. The minimum absolute atomic E-state index is 0.798. The lowest BCUT2D eigenvalue weighted by atomic mass is 9.99. The van der Waals surface area contributed by atoms with Crippen molar-refractivity contribution in [1.29, 1.82) is 0 Å². The van der Waals surface area contributed by atoms with Crippen molar-refractivity contribution in [1.82, 2.24) is 10.2 Å². The smallest absolute Gasteiger partial charge is 0.0117 e. The normalized spacial score (nSPS) is 23.0. The van der Waals surface area contributed by atoms with Crippen LogP contribution in [0.25, 0.3) is 0 Å². The highest BCUT2D eigenvalue weighted by molar-refractivity contribution is 4.77. The van der Waals surface area contributed by atoms with Gasteiger partial charge in [0.1, 0.15) is 0 Å². The lowest BCUT2D eigenvalue weighted by molar-refractivity contribution is 0.133. The van der Waals surface area contributed by atoms with Crippen LogP contribution in [0.15, 0.2) is 0 Å². The van der Waals surface area contributed by atoms with E-state index >= 15 is 0 Å². The first-order chi connectivity index (χ1) is 5.75. The molecule has 0 aliphatic carbocycles. The van der Waals surface area contributed by atoms with E-state index in [4.69, 9.17) is 0 Å².